The summed E-state index contributed by atoms with van der Waals surface area (Å²) in [5.41, 5.74) is 5.39. The van der Waals surface area contributed by atoms with Crippen molar-refractivity contribution in [3.8, 4) is 0 Å². The molecule has 0 spiro atoms. The van der Waals surface area contributed by atoms with E-state index in [1.807, 2.05) is 0 Å². The van der Waals surface area contributed by atoms with Crippen molar-refractivity contribution < 1.29 is 9.53 Å². The zero-order valence-electron chi connectivity index (χ0n) is 8.32. The first kappa shape index (κ1) is 12.1. The minimum absolute atomic E-state index is 0.0252. The first-order valence-electron chi connectivity index (χ1n) is 4.23. The van der Waals surface area contributed by atoms with Crippen LogP contribution in [-0.2, 0) is 9.53 Å². The van der Waals surface area contributed by atoms with Crippen LogP contribution in [0.2, 0.25) is 0 Å². The topological polar surface area (TPSA) is 55.6 Å². The Morgan fingerprint density at radius 2 is 2.38 bits per heavy atom. The maximum absolute atomic E-state index is 11.4. The smallest absolute Gasteiger partial charge is 0.225 e. The monoisotopic (exact) mass is 186 g/mol. The highest BCUT2D eigenvalue weighted by Crippen LogP contribution is 1.99. The summed E-state index contributed by atoms with van der Waals surface area (Å²) in [5.74, 6) is 0.0252. The first-order chi connectivity index (χ1) is 6.15. The number of methoxy groups -OCH3 is 1. The quantitative estimate of drug-likeness (QED) is 0.594. The Balaban J connectivity index is 3.89. The highest BCUT2D eigenvalue weighted by Gasteiger charge is 2.13. The molecule has 0 aromatic heterocycles. The minimum Gasteiger partial charge on any atom is -0.380 e. The van der Waals surface area contributed by atoms with Crippen LogP contribution >= 0.6 is 0 Å². The van der Waals surface area contributed by atoms with Gasteiger partial charge in [0.15, 0.2) is 0 Å². The standard InChI is InChI=1S/C9H18N2O2/c1-4-5-11(2)9(12)6-8(7-10)13-3/h4,8H,1,5-7,10H2,2-3H3. The molecule has 0 aromatic carbocycles. The number of nitrogens with zero attached hydrogens (tertiary/aromatic N) is 1. The molecule has 0 fully saturated rings. The molecule has 0 bridgehead atoms. The third kappa shape index (κ3) is 4.65. The van der Waals surface area contributed by atoms with E-state index in [-0.39, 0.29) is 12.0 Å². The lowest BCUT2D eigenvalue weighted by Gasteiger charge is -2.18. The predicted octanol–water partition coefficient (Wildman–Crippen LogP) is -0.00540. The SMILES string of the molecule is C=CCN(C)C(=O)CC(CN)OC. The molecule has 2 N–H and O–H groups in total. The molecule has 0 aromatic rings. The summed E-state index contributed by atoms with van der Waals surface area (Å²) in [7, 11) is 3.28. The van der Waals surface area contributed by atoms with Gasteiger partial charge in [-0.1, -0.05) is 6.08 Å². The first-order valence-corrected chi connectivity index (χ1v) is 4.23. The van der Waals surface area contributed by atoms with E-state index in [2.05, 4.69) is 6.58 Å². The van der Waals surface area contributed by atoms with E-state index in [1.54, 1.807) is 25.1 Å². The number of carbonyl (C=O) groups excluding carboxylic acids is 1. The third-order valence-electron chi connectivity index (χ3n) is 1.83. The Labute approximate surface area is 79.3 Å². The van der Waals surface area contributed by atoms with Crippen LogP contribution in [0.1, 0.15) is 6.42 Å². The molecule has 0 aliphatic heterocycles. The fourth-order valence-corrected chi connectivity index (χ4v) is 0.909. The number of nitrogens with two attached hydrogens (primary N) is 1. The Morgan fingerprint density at radius 3 is 2.77 bits per heavy atom. The van der Waals surface area contributed by atoms with Crippen molar-refractivity contribution in [3.05, 3.63) is 12.7 Å². The second-order valence-corrected chi connectivity index (χ2v) is 2.86. The van der Waals surface area contributed by atoms with Crippen molar-refractivity contribution in [3.63, 3.8) is 0 Å². The zero-order valence-corrected chi connectivity index (χ0v) is 8.32. The fraction of sp³-hybridized carbons (Fsp3) is 0.667. The van der Waals surface area contributed by atoms with E-state index in [9.17, 15) is 4.79 Å². The van der Waals surface area contributed by atoms with Crippen molar-refractivity contribution in [2.24, 2.45) is 5.73 Å². The maximum Gasteiger partial charge on any atom is 0.225 e. The predicted molar refractivity (Wildman–Crippen MR) is 52.3 cm³/mol. The van der Waals surface area contributed by atoms with Gasteiger partial charge in [0.25, 0.3) is 0 Å². The largest absolute Gasteiger partial charge is 0.380 e. The molecule has 4 nitrogen and oxygen atoms in total. The van der Waals surface area contributed by atoms with E-state index < -0.39 is 0 Å². The highest BCUT2D eigenvalue weighted by molar-refractivity contribution is 5.76. The molecule has 0 saturated carbocycles. The van der Waals surface area contributed by atoms with Gasteiger partial charge in [-0.05, 0) is 0 Å². The molecule has 0 aliphatic rings. The Bertz CT molecular complexity index is 167. The van der Waals surface area contributed by atoms with E-state index in [1.165, 1.54) is 0 Å². The molecule has 0 rings (SSSR count). The number of hydrogen-bond acceptors (Lipinski definition) is 3. The number of hydrogen-bond donors (Lipinski definition) is 1. The molecule has 4 heteroatoms. The van der Waals surface area contributed by atoms with Gasteiger partial charge in [0, 0.05) is 27.2 Å². The lowest BCUT2D eigenvalue weighted by molar-refractivity contribution is -0.131. The van der Waals surface area contributed by atoms with Gasteiger partial charge >= 0.3 is 0 Å². The normalized spacial score (nSPS) is 12.2. The number of carbonyl (C=O) groups is 1. The molecule has 0 aliphatic carbocycles. The van der Waals surface area contributed by atoms with Crippen molar-refractivity contribution in [1.82, 2.24) is 4.90 Å². The van der Waals surface area contributed by atoms with Gasteiger partial charge in [0.2, 0.25) is 5.91 Å². The molecule has 0 saturated heterocycles. The van der Waals surface area contributed by atoms with E-state index >= 15 is 0 Å². The summed E-state index contributed by atoms with van der Waals surface area (Å²) >= 11 is 0. The summed E-state index contributed by atoms with van der Waals surface area (Å²) in [6.07, 6.45) is 1.83. The van der Waals surface area contributed by atoms with Gasteiger partial charge < -0.3 is 15.4 Å². The molecule has 13 heavy (non-hydrogen) atoms. The van der Waals surface area contributed by atoms with Crippen LogP contribution in [-0.4, -0.2) is 44.2 Å². The van der Waals surface area contributed by atoms with Crippen LogP contribution in [0.15, 0.2) is 12.7 Å². The summed E-state index contributed by atoms with van der Waals surface area (Å²) in [5, 5.41) is 0. The number of ether oxygens (including phenoxy) is 1. The van der Waals surface area contributed by atoms with Crippen LogP contribution in [0, 0.1) is 0 Å². The second kappa shape index (κ2) is 6.62. The number of rotatable bonds is 6. The van der Waals surface area contributed by atoms with Gasteiger partial charge in [-0.15, -0.1) is 6.58 Å². The number of amides is 1. The molecule has 1 atom stereocenters. The molecule has 0 heterocycles. The van der Waals surface area contributed by atoms with Gasteiger partial charge in [0.05, 0.1) is 12.5 Å². The van der Waals surface area contributed by atoms with Crippen molar-refractivity contribution in [2.75, 3.05) is 27.2 Å². The number of likely N-dealkylation sites (N-methyl/N-ethyl adjacent to an activating group) is 1. The van der Waals surface area contributed by atoms with Crippen LogP contribution in [0.5, 0.6) is 0 Å². The average Bonchev–Trinajstić information content (AvgIpc) is 2.14. The average molecular weight is 186 g/mol. The Morgan fingerprint density at radius 1 is 1.77 bits per heavy atom. The fourth-order valence-electron chi connectivity index (χ4n) is 0.909. The lowest BCUT2D eigenvalue weighted by Crippen LogP contribution is -2.33. The Hall–Kier alpha value is -0.870. The molecular weight excluding hydrogens is 168 g/mol. The van der Waals surface area contributed by atoms with Gasteiger partial charge in [-0.3, -0.25) is 4.79 Å². The minimum atomic E-state index is -0.181. The summed E-state index contributed by atoms with van der Waals surface area (Å²) in [6.45, 7) is 4.47. The van der Waals surface area contributed by atoms with Crippen molar-refractivity contribution in [1.29, 1.82) is 0 Å². The molecule has 1 unspecified atom stereocenters. The van der Waals surface area contributed by atoms with Crippen molar-refractivity contribution in [2.45, 2.75) is 12.5 Å². The third-order valence-corrected chi connectivity index (χ3v) is 1.83. The van der Waals surface area contributed by atoms with Crippen LogP contribution in [0.3, 0.4) is 0 Å². The second-order valence-electron chi connectivity index (χ2n) is 2.86. The van der Waals surface area contributed by atoms with E-state index in [4.69, 9.17) is 10.5 Å². The molecule has 76 valence electrons. The Kier molecular flexibility index (Phi) is 6.18. The van der Waals surface area contributed by atoms with E-state index in [0.717, 1.165) is 0 Å². The van der Waals surface area contributed by atoms with Crippen molar-refractivity contribution >= 4 is 5.91 Å². The molecule has 0 radical (unpaired) electrons. The van der Waals surface area contributed by atoms with Gasteiger partial charge in [-0.2, -0.15) is 0 Å². The lowest BCUT2D eigenvalue weighted by atomic mass is 10.2. The zero-order chi connectivity index (χ0) is 10.3. The van der Waals surface area contributed by atoms with Gasteiger partial charge in [-0.25, -0.2) is 0 Å². The molecule has 1 amide bonds. The maximum atomic E-state index is 11.4. The molecular formula is C9H18N2O2. The van der Waals surface area contributed by atoms with E-state index in [0.29, 0.717) is 19.5 Å². The summed E-state index contributed by atoms with van der Waals surface area (Å²) < 4.78 is 5.00. The summed E-state index contributed by atoms with van der Waals surface area (Å²) in [6, 6.07) is 0. The van der Waals surface area contributed by atoms with Gasteiger partial charge in [0.1, 0.15) is 0 Å². The van der Waals surface area contributed by atoms with Crippen LogP contribution in [0.25, 0.3) is 0 Å². The summed E-state index contributed by atoms with van der Waals surface area (Å²) in [4.78, 5) is 13.0. The highest BCUT2D eigenvalue weighted by atomic mass is 16.5. The van der Waals surface area contributed by atoms with Crippen LogP contribution < -0.4 is 5.73 Å². The van der Waals surface area contributed by atoms with Crippen LogP contribution in [0.4, 0.5) is 0 Å².